The molecule has 2 aromatic carbocycles. The first kappa shape index (κ1) is 33.7. The lowest BCUT2D eigenvalue weighted by Crippen LogP contribution is -2.51. The second-order valence-corrected chi connectivity index (χ2v) is 11.2. The minimum Gasteiger partial charge on any atom is -0.390 e. The van der Waals surface area contributed by atoms with Crippen LogP contribution in [0.3, 0.4) is 0 Å². The molecule has 0 aliphatic carbocycles. The van der Waals surface area contributed by atoms with Crippen molar-refractivity contribution in [1.82, 2.24) is 25.7 Å². The number of aromatic nitrogens is 2. The van der Waals surface area contributed by atoms with Crippen LogP contribution in [0.15, 0.2) is 48.7 Å². The maximum atomic E-state index is 14.1. The zero-order valence-corrected chi connectivity index (χ0v) is 25.7. The lowest BCUT2D eigenvalue weighted by atomic mass is 9.97. The fraction of sp³-hybridized carbons (Fsp3) is 0.455. The molecule has 2 atom stereocenters. The summed E-state index contributed by atoms with van der Waals surface area (Å²) in [7, 11) is 0. The van der Waals surface area contributed by atoms with Gasteiger partial charge in [-0.05, 0) is 85.2 Å². The Morgan fingerprint density at radius 1 is 0.977 bits per heavy atom. The van der Waals surface area contributed by atoms with Crippen LogP contribution in [0.25, 0.3) is 0 Å². The lowest BCUT2D eigenvalue weighted by Gasteiger charge is -2.35. The lowest BCUT2D eigenvalue weighted by molar-refractivity contribution is 0.0353. The molecule has 2 amide bonds. The third kappa shape index (κ3) is 9.90. The van der Waals surface area contributed by atoms with Crippen molar-refractivity contribution in [2.24, 2.45) is 0 Å². The molecule has 0 unspecified atom stereocenters. The van der Waals surface area contributed by atoms with Crippen molar-refractivity contribution in [1.29, 1.82) is 0 Å². The van der Waals surface area contributed by atoms with Gasteiger partial charge >= 0.3 is 0 Å². The summed E-state index contributed by atoms with van der Waals surface area (Å²) in [5.74, 6) is -1.85. The average molecular weight is 596 g/mol. The smallest absolute Gasteiger partial charge is 0.254 e. The van der Waals surface area contributed by atoms with Crippen molar-refractivity contribution < 1.29 is 23.5 Å². The number of aliphatic hydroxyl groups is 1. The summed E-state index contributed by atoms with van der Waals surface area (Å²) in [5, 5.41) is 25.7. The van der Waals surface area contributed by atoms with Crippen molar-refractivity contribution in [3.63, 3.8) is 0 Å². The predicted molar refractivity (Wildman–Crippen MR) is 163 cm³/mol. The Morgan fingerprint density at radius 3 is 2.33 bits per heavy atom. The quantitative estimate of drug-likeness (QED) is 0.230. The van der Waals surface area contributed by atoms with Crippen molar-refractivity contribution in [2.75, 3.05) is 19.6 Å². The van der Waals surface area contributed by atoms with E-state index in [0.717, 1.165) is 23.6 Å². The highest BCUT2D eigenvalue weighted by Gasteiger charge is 2.31. The second-order valence-electron chi connectivity index (χ2n) is 11.2. The summed E-state index contributed by atoms with van der Waals surface area (Å²) >= 11 is 0. The predicted octanol–water partition coefficient (Wildman–Crippen LogP) is 4.94. The van der Waals surface area contributed by atoms with E-state index in [1.807, 2.05) is 19.9 Å². The highest BCUT2D eigenvalue weighted by atomic mass is 19.1. The molecule has 1 aromatic heterocycles. The number of rotatable bonds is 15. The molecule has 0 radical (unpaired) electrons. The van der Waals surface area contributed by atoms with E-state index in [4.69, 9.17) is 0 Å². The van der Waals surface area contributed by atoms with E-state index in [1.165, 1.54) is 17.0 Å². The summed E-state index contributed by atoms with van der Waals surface area (Å²) in [4.78, 5) is 28.3. The van der Waals surface area contributed by atoms with Gasteiger partial charge < -0.3 is 20.6 Å². The number of amides is 2. The van der Waals surface area contributed by atoms with Crippen LogP contribution in [0.4, 0.5) is 8.78 Å². The minimum atomic E-state index is -1.10. The summed E-state index contributed by atoms with van der Waals surface area (Å²) in [5.41, 5.74) is 3.46. The zero-order valence-electron chi connectivity index (χ0n) is 25.7. The van der Waals surface area contributed by atoms with E-state index in [0.29, 0.717) is 41.9 Å². The molecule has 8 nitrogen and oxygen atoms in total. The van der Waals surface area contributed by atoms with Crippen LogP contribution in [0.5, 0.6) is 0 Å². The van der Waals surface area contributed by atoms with Gasteiger partial charge in [-0.15, -0.1) is 0 Å². The van der Waals surface area contributed by atoms with Crippen molar-refractivity contribution in [3.8, 4) is 0 Å². The van der Waals surface area contributed by atoms with Crippen LogP contribution in [0, 0.1) is 18.6 Å². The van der Waals surface area contributed by atoms with Gasteiger partial charge in [-0.3, -0.25) is 9.59 Å². The monoisotopic (exact) mass is 595 g/mol. The Hall–Kier alpha value is -3.76. The third-order valence-electron chi connectivity index (χ3n) is 7.11. The molecule has 0 bridgehead atoms. The molecule has 0 saturated carbocycles. The second kappa shape index (κ2) is 16.2. The summed E-state index contributed by atoms with van der Waals surface area (Å²) in [6, 6.07) is 9.29. The number of aryl methyl sites for hydroxylation is 1. The molecule has 0 spiro atoms. The molecule has 0 fully saturated rings. The van der Waals surface area contributed by atoms with Gasteiger partial charge in [-0.25, -0.2) is 8.78 Å². The molecular formula is C33H43F2N5O3. The van der Waals surface area contributed by atoms with Gasteiger partial charge in [-0.2, -0.15) is 10.2 Å². The Bertz CT molecular complexity index is 1360. The molecule has 0 saturated heterocycles. The van der Waals surface area contributed by atoms with Gasteiger partial charge in [0.1, 0.15) is 11.6 Å². The number of benzene rings is 2. The van der Waals surface area contributed by atoms with E-state index in [1.54, 1.807) is 31.3 Å². The van der Waals surface area contributed by atoms with Gasteiger partial charge in [0.2, 0.25) is 0 Å². The molecule has 0 aliphatic rings. The first-order chi connectivity index (χ1) is 20.5. The van der Waals surface area contributed by atoms with E-state index >= 15 is 0 Å². The maximum absolute atomic E-state index is 14.1. The molecule has 1 heterocycles. The third-order valence-corrected chi connectivity index (χ3v) is 7.11. The molecular weight excluding hydrogens is 552 g/mol. The number of hydrogen-bond acceptors (Lipinski definition) is 6. The van der Waals surface area contributed by atoms with Crippen LogP contribution in [-0.4, -0.2) is 63.8 Å². The van der Waals surface area contributed by atoms with Crippen LogP contribution < -0.4 is 10.6 Å². The number of nitrogens with zero attached hydrogens (tertiary/aromatic N) is 3. The molecule has 0 aliphatic heterocycles. The molecule has 232 valence electrons. The first-order valence-electron chi connectivity index (χ1n) is 14.9. The van der Waals surface area contributed by atoms with Crippen LogP contribution in [0.1, 0.15) is 89.6 Å². The Balaban J connectivity index is 1.91. The van der Waals surface area contributed by atoms with Gasteiger partial charge in [0.05, 0.1) is 24.0 Å². The van der Waals surface area contributed by atoms with Gasteiger partial charge in [0.25, 0.3) is 11.8 Å². The van der Waals surface area contributed by atoms with Gasteiger partial charge in [0.15, 0.2) is 0 Å². The van der Waals surface area contributed by atoms with Crippen LogP contribution in [0.2, 0.25) is 0 Å². The number of aliphatic hydroxyl groups excluding tert-OH is 1. The number of halogens is 2. The molecule has 3 rings (SSSR count). The summed E-state index contributed by atoms with van der Waals surface area (Å²) in [6.07, 6.45) is 1.99. The van der Waals surface area contributed by atoms with Gasteiger partial charge in [0, 0.05) is 43.4 Å². The number of carbonyl (C=O) groups is 2. The minimum absolute atomic E-state index is 0.0154. The summed E-state index contributed by atoms with van der Waals surface area (Å²) < 4.78 is 28.3. The van der Waals surface area contributed by atoms with Crippen LogP contribution in [-0.2, 0) is 13.0 Å². The van der Waals surface area contributed by atoms with Gasteiger partial charge in [-0.1, -0.05) is 27.7 Å². The topological polar surface area (TPSA) is 107 Å². The van der Waals surface area contributed by atoms with Crippen LogP contribution >= 0.6 is 0 Å². The molecule has 3 N–H and O–H groups in total. The Kier molecular flexibility index (Phi) is 12.7. The maximum Gasteiger partial charge on any atom is 0.254 e. The van der Waals surface area contributed by atoms with Crippen molar-refractivity contribution >= 4 is 11.8 Å². The summed E-state index contributed by atoms with van der Waals surface area (Å²) in [6.45, 7) is 11.0. The fourth-order valence-electron chi connectivity index (χ4n) is 4.94. The van der Waals surface area contributed by atoms with E-state index < -0.39 is 23.8 Å². The molecule has 10 heteroatoms. The average Bonchev–Trinajstić information content (AvgIpc) is 2.96. The molecule has 3 aromatic rings. The van der Waals surface area contributed by atoms with E-state index in [9.17, 15) is 23.5 Å². The number of nitrogens with one attached hydrogen (secondary N) is 2. The standard InChI is InChI=1S/C33H43F2N5O3/c1-6-8-37-32(42)24-10-22(5)11-25(15-24)33(43)40(9-7-2)30(14-23-12-27(34)17-28(35)13-23)31(41)20-36-19-29-16-26(21(3)4)18-38-39-29/h10-13,15-18,21,30-31,36,41H,6-9,14,19-20H2,1-5H3,(H,37,42)/t30-,31+/m0/s1. The highest BCUT2D eigenvalue weighted by molar-refractivity contribution is 6.00. The van der Waals surface area contributed by atoms with Crippen molar-refractivity contribution in [3.05, 3.63) is 93.8 Å². The Morgan fingerprint density at radius 2 is 1.67 bits per heavy atom. The van der Waals surface area contributed by atoms with E-state index in [2.05, 4.69) is 34.7 Å². The van der Waals surface area contributed by atoms with E-state index in [-0.39, 0.29) is 37.2 Å². The largest absolute Gasteiger partial charge is 0.390 e. The zero-order chi connectivity index (χ0) is 31.5. The highest BCUT2D eigenvalue weighted by Crippen LogP contribution is 2.21. The fourth-order valence-corrected chi connectivity index (χ4v) is 4.94. The number of carbonyl (C=O) groups excluding carboxylic acids is 2. The normalized spacial score (nSPS) is 12.7. The molecule has 43 heavy (non-hydrogen) atoms. The number of hydrogen-bond donors (Lipinski definition) is 3. The SMILES string of the molecule is CCCNC(=O)c1cc(C)cc(C(=O)N(CCC)[C@@H](Cc2cc(F)cc(F)c2)[C@H](O)CNCc2cc(C(C)C)cnn2)c1. The first-order valence-corrected chi connectivity index (χ1v) is 14.9. The Labute approximate surface area is 252 Å². The van der Waals surface area contributed by atoms with Crippen molar-refractivity contribution in [2.45, 2.75) is 78.5 Å².